The summed E-state index contributed by atoms with van der Waals surface area (Å²) in [6.45, 7) is 2.51. The molecule has 1 amide bonds. The fourth-order valence-electron chi connectivity index (χ4n) is 2.04. The Balaban J connectivity index is 0.00000200. The first kappa shape index (κ1) is 17.3. The second kappa shape index (κ2) is 8.55. The monoisotopic (exact) mass is 314 g/mol. The van der Waals surface area contributed by atoms with Crippen LogP contribution in [0, 0.1) is 5.92 Å². The lowest BCUT2D eigenvalue weighted by Gasteiger charge is -2.19. The quantitative estimate of drug-likeness (QED) is 0.813. The summed E-state index contributed by atoms with van der Waals surface area (Å²) in [6, 6.07) is 10.4. The second-order valence-corrected chi connectivity index (χ2v) is 6.46. The molecular weight excluding hydrogens is 292 g/mol. The van der Waals surface area contributed by atoms with Crippen LogP contribution in [0.15, 0.2) is 30.3 Å². The predicted octanol–water partition coefficient (Wildman–Crippen LogP) is 2.58. The molecule has 0 bridgehead atoms. The molecule has 1 fully saturated rings. The van der Waals surface area contributed by atoms with Crippen LogP contribution >= 0.6 is 24.2 Å². The van der Waals surface area contributed by atoms with Gasteiger partial charge in [0.05, 0.1) is 5.25 Å². The predicted molar refractivity (Wildman–Crippen MR) is 88.2 cm³/mol. The Kier molecular flexibility index (Phi) is 7.41. The van der Waals surface area contributed by atoms with Gasteiger partial charge in [0.25, 0.3) is 0 Å². The maximum absolute atomic E-state index is 12.1. The SMILES string of the molecule is CC(SCc1ccccc1)C(=O)NC(CN)C1CC1.Cl. The molecule has 0 heterocycles. The van der Waals surface area contributed by atoms with Gasteiger partial charge in [-0.25, -0.2) is 0 Å². The zero-order valence-corrected chi connectivity index (χ0v) is 13.4. The van der Waals surface area contributed by atoms with Crippen molar-refractivity contribution in [2.45, 2.75) is 36.8 Å². The van der Waals surface area contributed by atoms with Crippen LogP contribution < -0.4 is 11.1 Å². The van der Waals surface area contributed by atoms with Gasteiger partial charge in [-0.05, 0) is 31.2 Å². The van der Waals surface area contributed by atoms with Gasteiger partial charge in [0.1, 0.15) is 0 Å². The van der Waals surface area contributed by atoms with E-state index in [-0.39, 0.29) is 29.6 Å². The molecule has 112 valence electrons. The smallest absolute Gasteiger partial charge is 0.233 e. The third-order valence-corrected chi connectivity index (χ3v) is 4.70. The minimum atomic E-state index is -0.0343. The number of hydrogen-bond donors (Lipinski definition) is 2. The first-order valence-corrected chi connectivity index (χ1v) is 7.91. The highest BCUT2D eigenvalue weighted by Crippen LogP contribution is 2.32. The minimum absolute atomic E-state index is 0. The molecule has 1 aliphatic rings. The lowest BCUT2D eigenvalue weighted by Crippen LogP contribution is -2.44. The maximum atomic E-state index is 12.1. The molecule has 1 aliphatic carbocycles. The van der Waals surface area contributed by atoms with Crippen LogP contribution in [0.4, 0.5) is 0 Å². The van der Waals surface area contributed by atoms with Gasteiger partial charge < -0.3 is 11.1 Å². The van der Waals surface area contributed by atoms with Gasteiger partial charge in [-0.3, -0.25) is 4.79 Å². The van der Waals surface area contributed by atoms with E-state index in [9.17, 15) is 4.79 Å². The Hall–Kier alpha value is -0.710. The molecule has 1 saturated carbocycles. The number of nitrogens with one attached hydrogen (secondary N) is 1. The van der Waals surface area contributed by atoms with Crippen molar-refractivity contribution in [1.82, 2.24) is 5.32 Å². The van der Waals surface area contributed by atoms with Crippen molar-refractivity contribution in [1.29, 1.82) is 0 Å². The van der Waals surface area contributed by atoms with E-state index >= 15 is 0 Å². The summed E-state index contributed by atoms with van der Waals surface area (Å²) in [6.07, 6.45) is 2.40. The van der Waals surface area contributed by atoms with Gasteiger partial charge in [-0.1, -0.05) is 30.3 Å². The Labute approximate surface area is 131 Å². The highest BCUT2D eigenvalue weighted by molar-refractivity contribution is 7.99. The van der Waals surface area contributed by atoms with E-state index in [0.717, 1.165) is 5.75 Å². The average Bonchev–Trinajstić information content (AvgIpc) is 3.27. The second-order valence-electron chi connectivity index (χ2n) is 5.13. The number of hydrogen-bond acceptors (Lipinski definition) is 3. The molecule has 5 heteroatoms. The maximum Gasteiger partial charge on any atom is 0.233 e. The van der Waals surface area contributed by atoms with Gasteiger partial charge in [-0.15, -0.1) is 24.2 Å². The van der Waals surface area contributed by atoms with Crippen LogP contribution in [0.2, 0.25) is 0 Å². The molecule has 2 rings (SSSR count). The molecule has 3 N–H and O–H groups in total. The van der Waals surface area contributed by atoms with Gasteiger partial charge >= 0.3 is 0 Å². The van der Waals surface area contributed by atoms with Crippen molar-refractivity contribution in [3.05, 3.63) is 35.9 Å². The molecule has 0 saturated heterocycles. The van der Waals surface area contributed by atoms with Crippen molar-refractivity contribution in [2.75, 3.05) is 6.54 Å². The number of thioether (sulfide) groups is 1. The number of carbonyl (C=O) groups is 1. The lowest BCUT2D eigenvalue weighted by atomic mass is 10.2. The van der Waals surface area contributed by atoms with Crippen LogP contribution in [-0.4, -0.2) is 23.7 Å². The van der Waals surface area contributed by atoms with E-state index in [1.165, 1.54) is 18.4 Å². The molecule has 2 unspecified atom stereocenters. The van der Waals surface area contributed by atoms with Crippen LogP contribution in [0.5, 0.6) is 0 Å². The molecule has 0 radical (unpaired) electrons. The van der Waals surface area contributed by atoms with Crippen LogP contribution in [0.3, 0.4) is 0 Å². The van der Waals surface area contributed by atoms with Crippen molar-refractivity contribution < 1.29 is 4.79 Å². The summed E-state index contributed by atoms with van der Waals surface area (Å²) in [5, 5.41) is 3.05. The zero-order chi connectivity index (χ0) is 13.7. The Morgan fingerprint density at radius 3 is 2.60 bits per heavy atom. The van der Waals surface area contributed by atoms with Crippen LogP contribution in [0.25, 0.3) is 0 Å². The van der Waals surface area contributed by atoms with E-state index in [2.05, 4.69) is 17.4 Å². The van der Waals surface area contributed by atoms with Crippen LogP contribution in [-0.2, 0) is 10.5 Å². The number of benzene rings is 1. The molecule has 0 aromatic heterocycles. The molecular formula is C15H23ClN2OS. The first-order valence-electron chi connectivity index (χ1n) is 6.86. The minimum Gasteiger partial charge on any atom is -0.351 e. The lowest BCUT2D eigenvalue weighted by molar-refractivity contribution is -0.121. The summed E-state index contributed by atoms with van der Waals surface area (Å²) < 4.78 is 0. The number of halogens is 1. The largest absolute Gasteiger partial charge is 0.351 e. The number of nitrogens with two attached hydrogens (primary N) is 1. The van der Waals surface area contributed by atoms with Crippen molar-refractivity contribution in [3.63, 3.8) is 0 Å². The highest BCUT2D eigenvalue weighted by atomic mass is 35.5. The first-order chi connectivity index (χ1) is 9.20. The molecule has 1 aromatic carbocycles. The molecule has 0 aliphatic heterocycles. The molecule has 2 atom stereocenters. The third-order valence-electron chi connectivity index (χ3n) is 3.48. The normalized spacial score (nSPS) is 16.9. The van der Waals surface area contributed by atoms with Gasteiger partial charge in [0.2, 0.25) is 5.91 Å². The van der Waals surface area contributed by atoms with Crippen molar-refractivity contribution in [2.24, 2.45) is 11.7 Å². The molecule has 3 nitrogen and oxygen atoms in total. The van der Waals surface area contributed by atoms with Crippen molar-refractivity contribution >= 4 is 30.1 Å². The van der Waals surface area contributed by atoms with E-state index in [1.807, 2.05) is 25.1 Å². The topological polar surface area (TPSA) is 55.1 Å². The third kappa shape index (κ3) is 5.35. The van der Waals surface area contributed by atoms with E-state index in [4.69, 9.17) is 5.73 Å². The zero-order valence-electron chi connectivity index (χ0n) is 11.7. The summed E-state index contributed by atoms with van der Waals surface area (Å²) in [4.78, 5) is 12.1. The van der Waals surface area contributed by atoms with Crippen molar-refractivity contribution in [3.8, 4) is 0 Å². The van der Waals surface area contributed by atoms with E-state index in [1.54, 1.807) is 11.8 Å². The van der Waals surface area contributed by atoms with E-state index in [0.29, 0.717) is 12.5 Å². The fraction of sp³-hybridized carbons (Fsp3) is 0.533. The summed E-state index contributed by atoms with van der Waals surface area (Å²) in [7, 11) is 0. The van der Waals surface area contributed by atoms with Gasteiger partial charge in [-0.2, -0.15) is 0 Å². The van der Waals surface area contributed by atoms with Crippen LogP contribution in [0.1, 0.15) is 25.3 Å². The highest BCUT2D eigenvalue weighted by Gasteiger charge is 2.32. The Bertz CT molecular complexity index is 412. The van der Waals surface area contributed by atoms with Gasteiger partial charge in [0.15, 0.2) is 0 Å². The fourth-order valence-corrected chi connectivity index (χ4v) is 2.89. The van der Waals surface area contributed by atoms with Gasteiger partial charge in [0, 0.05) is 18.3 Å². The summed E-state index contributed by atoms with van der Waals surface area (Å²) >= 11 is 1.67. The Morgan fingerprint density at radius 2 is 2.05 bits per heavy atom. The number of rotatable bonds is 7. The standard InChI is InChI=1S/C15H22N2OS.ClH/c1-11(19-10-12-5-3-2-4-6-12)15(18)17-14(9-16)13-7-8-13;/h2-6,11,13-14H,7-10,16H2,1H3,(H,17,18);1H. The average molecular weight is 315 g/mol. The summed E-state index contributed by atoms with van der Waals surface area (Å²) in [5.74, 6) is 1.59. The molecule has 20 heavy (non-hydrogen) atoms. The molecule has 0 spiro atoms. The Morgan fingerprint density at radius 1 is 1.40 bits per heavy atom. The number of amides is 1. The number of carbonyl (C=O) groups excluding carboxylic acids is 1. The van der Waals surface area contributed by atoms with E-state index < -0.39 is 0 Å². The summed E-state index contributed by atoms with van der Waals surface area (Å²) in [5.41, 5.74) is 6.96. The molecule has 1 aromatic rings.